The zero-order chi connectivity index (χ0) is 17.3. The van der Waals surface area contributed by atoms with E-state index in [1.807, 2.05) is 38.7 Å². The smallest absolute Gasteiger partial charge is 0.249 e. The van der Waals surface area contributed by atoms with Gasteiger partial charge in [0.1, 0.15) is 12.6 Å². The van der Waals surface area contributed by atoms with Gasteiger partial charge in [0.2, 0.25) is 11.8 Å². The number of rotatable bonds is 4. The van der Waals surface area contributed by atoms with Gasteiger partial charge < -0.3 is 9.42 Å². The molecule has 1 aliphatic heterocycles. The average Bonchev–Trinajstić information content (AvgIpc) is 3.14. The van der Waals surface area contributed by atoms with Gasteiger partial charge in [0.15, 0.2) is 5.82 Å². The highest BCUT2D eigenvalue weighted by molar-refractivity contribution is 5.76. The van der Waals surface area contributed by atoms with Crippen LogP contribution in [0.2, 0.25) is 0 Å². The maximum atomic E-state index is 12.8. The third-order valence-electron chi connectivity index (χ3n) is 4.47. The van der Waals surface area contributed by atoms with Gasteiger partial charge in [-0.25, -0.2) is 0 Å². The van der Waals surface area contributed by atoms with E-state index in [0.717, 1.165) is 37.2 Å². The minimum Gasteiger partial charge on any atom is -0.337 e. The molecule has 24 heavy (non-hydrogen) atoms. The molecule has 0 saturated carbocycles. The molecule has 0 N–H and O–H groups in total. The molecule has 2 aromatic heterocycles. The number of aryl methyl sites for hydroxylation is 2. The first-order valence-electron chi connectivity index (χ1n) is 8.59. The van der Waals surface area contributed by atoms with E-state index in [4.69, 9.17) is 4.52 Å². The molecular weight excluding hydrogens is 306 g/mol. The molecular formula is C17H25N5O2. The molecule has 1 fully saturated rings. The second-order valence-corrected chi connectivity index (χ2v) is 6.83. The molecule has 1 amide bonds. The molecule has 7 heteroatoms. The Labute approximate surface area is 142 Å². The summed E-state index contributed by atoms with van der Waals surface area (Å²) in [7, 11) is 0. The molecule has 0 bridgehead atoms. The van der Waals surface area contributed by atoms with Crippen LogP contribution in [0, 0.1) is 13.8 Å². The van der Waals surface area contributed by atoms with Gasteiger partial charge in [-0.3, -0.25) is 9.48 Å². The van der Waals surface area contributed by atoms with Crippen molar-refractivity contribution in [2.75, 3.05) is 6.54 Å². The number of hydrogen-bond donors (Lipinski definition) is 0. The van der Waals surface area contributed by atoms with Crippen LogP contribution in [0.1, 0.15) is 68.2 Å². The van der Waals surface area contributed by atoms with Gasteiger partial charge >= 0.3 is 0 Å². The summed E-state index contributed by atoms with van der Waals surface area (Å²) >= 11 is 0. The molecule has 7 nitrogen and oxygen atoms in total. The second kappa shape index (κ2) is 6.75. The van der Waals surface area contributed by atoms with Crippen LogP contribution < -0.4 is 0 Å². The maximum Gasteiger partial charge on any atom is 0.249 e. The number of likely N-dealkylation sites (tertiary alicyclic amines) is 1. The van der Waals surface area contributed by atoms with E-state index >= 15 is 0 Å². The predicted molar refractivity (Wildman–Crippen MR) is 88.4 cm³/mol. The van der Waals surface area contributed by atoms with E-state index in [0.29, 0.717) is 11.7 Å². The van der Waals surface area contributed by atoms with E-state index in [-0.39, 0.29) is 24.4 Å². The number of carbonyl (C=O) groups excluding carboxylic acids is 1. The summed E-state index contributed by atoms with van der Waals surface area (Å²) in [4.78, 5) is 19.2. The van der Waals surface area contributed by atoms with E-state index in [9.17, 15) is 4.79 Å². The third kappa shape index (κ3) is 3.34. The summed E-state index contributed by atoms with van der Waals surface area (Å²) < 4.78 is 7.21. The van der Waals surface area contributed by atoms with Gasteiger partial charge in [-0.05, 0) is 39.2 Å². The molecule has 0 aromatic carbocycles. The van der Waals surface area contributed by atoms with E-state index < -0.39 is 0 Å². The molecule has 1 aliphatic rings. The van der Waals surface area contributed by atoms with Crippen LogP contribution in [0.5, 0.6) is 0 Å². The van der Waals surface area contributed by atoms with Crippen LogP contribution in [0.4, 0.5) is 0 Å². The normalized spacial score (nSPS) is 18.4. The van der Waals surface area contributed by atoms with Gasteiger partial charge in [0.25, 0.3) is 0 Å². The Morgan fingerprint density at radius 1 is 1.38 bits per heavy atom. The average molecular weight is 331 g/mol. The lowest BCUT2D eigenvalue weighted by atomic mass is 10.0. The van der Waals surface area contributed by atoms with Gasteiger partial charge in [-0.15, -0.1) is 0 Å². The third-order valence-corrected chi connectivity index (χ3v) is 4.47. The number of nitrogens with zero attached hydrogens (tertiary/aromatic N) is 5. The van der Waals surface area contributed by atoms with Gasteiger partial charge in [0, 0.05) is 18.2 Å². The molecule has 130 valence electrons. The topological polar surface area (TPSA) is 77.0 Å². The Morgan fingerprint density at radius 2 is 2.17 bits per heavy atom. The molecule has 0 aliphatic carbocycles. The summed E-state index contributed by atoms with van der Waals surface area (Å²) in [6.45, 7) is 8.93. The minimum absolute atomic E-state index is 0.0511. The lowest BCUT2D eigenvalue weighted by Gasteiger charge is -2.33. The van der Waals surface area contributed by atoms with Crippen molar-refractivity contribution < 1.29 is 9.32 Å². The first-order valence-corrected chi connectivity index (χ1v) is 8.59. The molecule has 3 rings (SSSR count). The highest BCUT2D eigenvalue weighted by atomic mass is 16.5. The van der Waals surface area contributed by atoms with Gasteiger partial charge in [0.05, 0.1) is 5.69 Å². The zero-order valence-corrected chi connectivity index (χ0v) is 14.8. The first kappa shape index (κ1) is 16.7. The standard InChI is InChI=1S/C17H25N5O2/c1-11(2)16-18-17(24-20-16)14-7-5-6-8-21(14)15(23)10-22-13(4)9-12(3)19-22/h9,11,14H,5-8,10H2,1-4H3/t14-/m1/s1. The first-order chi connectivity index (χ1) is 11.5. The monoisotopic (exact) mass is 331 g/mol. The summed E-state index contributed by atoms with van der Waals surface area (Å²) in [6, 6.07) is 1.86. The van der Waals surface area contributed by atoms with Crippen molar-refractivity contribution >= 4 is 5.91 Å². The molecule has 1 saturated heterocycles. The van der Waals surface area contributed by atoms with Gasteiger partial charge in [-0.2, -0.15) is 10.1 Å². The highest BCUT2D eigenvalue weighted by Gasteiger charge is 2.32. The van der Waals surface area contributed by atoms with Crippen molar-refractivity contribution in [3.05, 3.63) is 29.2 Å². The summed E-state index contributed by atoms with van der Waals surface area (Å²) in [6.07, 6.45) is 2.93. The maximum absolute atomic E-state index is 12.8. The van der Waals surface area contributed by atoms with Crippen LogP contribution in [-0.2, 0) is 11.3 Å². The van der Waals surface area contributed by atoms with Crippen LogP contribution >= 0.6 is 0 Å². The van der Waals surface area contributed by atoms with Crippen LogP contribution in [0.3, 0.4) is 0 Å². The lowest BCUT2D eigenvalue weighted by molar-refractivity contribution is -0.136. The largest absolute Gasteiger partial charge is 0.337 e. The van der Waals surface area contributed by atoms with E-state index in [1.54, 1.807) is 4.68 Å². The molecule has 0 spiro atoms. The molecule has 3 heterocycles. The predicted octanol–water partition coefficient (Wildman–Crippen LogP) is 2.76. The Hall–Kier alpha value is -2.18. The second-order valence-electron chi connectivity index (χ2n) is 6.83. The SMILES string of the molecule is Cc1cc(C)n(CC(=O)N2CCCC[C@@H]2c2nc(C(C)C)no2)n1. The summed E-state index contributed by atoms with van der Waals surface area (Å²) in [5.41, 5.74) is 1.92. The van der Waals surface area contributed by atoms with Crippen molar-refractivity contribution in [3.8, 4) is 0 Å². The van der Waals surface area contributed by atoms with Gasteiger partial charge in [-0.1, -0.05) is 19.0 Å². The molecule has 0 unspecified atom stereocenters. The molecule has 1 atom stereocenters. The minimum atomic E-state index is -0.122. The van der Waals surface area contributed by atoms with Crippen molar-refractivity contribution in [3.63, 3.8) is 0 Å². The fraction of sp³-hybridized carbons (Fsp3) is 0.647. The van der Waals surface area contributed by atoms with Crippen molar-refractivity contribution in [1.29, 1.82) is 0 Å². The lowest BCUT2D eigenvalue weighted by Crippen LogP contribution is -2.40. The Morgan fingerprint density at radius 3 is 2.79 bits per heavy atom. The fourth-order valence-electron chi connectivity index (χ4n) is 3.16. The quantitative estimate of drug-likeness (QED) is 0.861. The summed E-state index contributed by atoms with van der Waals surface area (Å²) in [5, 5.41) is 8.43. The van der Waals surface area contributed by atoms with Crippen LogP contribution in [0.25, 0.3) is 0 Å². The van der Waals surface area contributed by atoms with Crippen LogP contribution in [0.15, 0.2) is 10.6 Å². The number of hydrogen-bond acceptors (Lipinski definition) is 5. The number of aromatic nitrogens is 4. The zero-order valence-electron chi connectivity index (χ0n) is 14.8. The number of piperidine rings is 1. The van der Waals surface area contributed by atoms with Crippen molar-refractivity contribution in [2.45, 2.75) is 65.5 Å². The van der Waals surface area contributed by atoms with E-state index in [2.05, 4.69) is 15.2 Å². The summed E-state index contributed by atoms with van der Waals surface area (Å²) in [5.74, 6) is 1.52. The Bertz CT molecular complexity index is 718. The molecule has 2 aromatic rings. The Balaban J connectivity index is 1.78. The molecule has 0 radical (unpaired) electrons. The number of amides is 1. The van der Waals surface area contributed by atoms with E-state index in [1.165, 1.54) is 0 Å². The Kier molecular flexibility index (Phi) is 4.69. The van der Waals surface area contributed by atoms with Crippen molar-refractivity contribution in [2.24, 2.45) is 0 Å². The van der Waals surface area contributed by atoms with Crippen molar-refractivity contribution in [1.82, 2.24) is 24.8 Å². The number of carbonyl (C=O) groups is 1. The highest BCUT2D eigenvalue weighted by Crippen LogP contribution is 2.30. The van der Waals surface area contributed by atoms with Crippen LogP contribution in [-0.4, -0.2) is 37.3 Å². The fourth-order valence-corrected chi connectivity index (χ4v) is 3.16.